The third-order valence-electron chi connectivity index (χ3n) is 11.1. The second-order valence-electron chi connectivity index (χ2n) is 18.9. The molecule has 3 fully saturated rings. The Morgan fingerprint density at radius 1 is 1.08 bits per heavy atom. The number of methoxy groups -OCH3 is 1. The second-order valence-corrected chi connectivity index (χ2v) is 22.1. The molecule has 4 heterocycles. The van der Waals surface area contributed by atoms with E-state index in [9.17, 15) is 32.7 Å². The van der Waals surface area contributed by atoms with Gasteiger partial charge in [-0.05, 0) is 71.4 Å². The van der Waals surface area contributed by atoms with Gasteiger partial charge in [0.15, 0.2) is 11.3 Å². The van der Waals surface area contributed by atoms with Crippen molar-refractivity contribution in [2.45, 2.75) is 121 Å². The highest BCUT2D eigenvalue weighted by Crippen LogP contribution is 2.47. The van der Waals surface area contributed by atoms with Gasteiger partial charge in [-0.15, -0.1) is 17.9 Å². The number of rotatable bonds is 13. The number of aromatic nitrogens is 2. The second kappa shape index (κ2) is 16.2. The smallest absolute Gasteiger partial charge is 0.408 e. The van der Waals surface area contributed by atoms with Gasteiger partial charge in [0.05, 0.1) is 35.0 Å². The van der Waals surface area contributed by atoms with E-state index in [1.165, 1.54) is 29.4 Å². The zero-order valence-electron chi connectivity index (χ0n) is 36.6. The van der Waals surface area contributed by atoms with Crippen LogP contribution in [-0.2, 0) is 34.7 Å². The van der Waals surface area contributed by atoms with Crippen molar-refractivity contribution in [3.63, 3.8) is 0 Å². The summed E-state index contributed by atoms with van der Waals surface area (Å²) < 4.78 is 51.9. The molecule has 4 aromatic rings. The van der Waals surface area contributed by atoms with Crippen LogP contribution in [0.5, 0.6) is 11.5 Å². The molecule has 1 aliphatic heterocycles. The highest BCUT2D eigenvalue weighted by Gasteiger charge is 2.62. The predicted molar refractivity (Wildman–Crippen MR) is 236 cm³/mol. The van der Waals surface area contributed by atoms with Crippen molar-refractivity contribution in [1.82, 2.24) is 30.2 Å². The third-order valence-corrected chi connectivity index (χ3v) is 14.5. The van der Waals surface area contributed by atoms with E-state index >= 15 is 0 Å². The topological polar surface area (TPSA) is 229 Å². The van der Waals surface area contributed by atoms with E-state index in [-0.39, 0.29) is 35.7 Å². The molecule has 1 saturated heterocycles. The first kappa shape index (κ1) is 46.0. The number of alkyl carbamates (subject to hydrolysis) is 1. The molecular weight excluding hydrogens is 876 g/mol. The number of sulfonamides is 1. The van der Waals surface area contributed by atoms with Crippen LogP contribution in [0.4, 0.5) is 4.79 Å². The number of likely N-dealkylation sites (tertiary alicyclic amines) is 1. The number of ether oxygens (including phenoxy) is 3. The molecule has 20 heteroatoms. The normalized spacial score (nSPS) is 22.1. The van der Waals surface area contributed by atoms with Gasteiger partial charge in [-0.25, -0.2) is 23.2 Å². The maximum absolute atomic E-state index is 14.8. The molecule has 4 N–H and O–H groups in total. The fourth-order valence-corrected chi connectivity index (χ4v) is 10.1. The van der Waals surface area contributed by atoms with Crippen LogP contribution in [-0.4, -0.2) is 100 Å². The number of aliphatic hydroxyl groups is 1. The molecule has 5 unspecified atom stereocenters. The van der Waals surface area contributed by atoms with Gasteiger partial charge in [-0.1, -0.05) is 38.4 Å². The molecule has 3 aromatic heterocycles. The molecule has 0 radical (unpaired) electrons. The zero-order chi connectivity index (χ0) is 46.2. The summed E-state index contributed by atoms with van der Waals surface area (Å²) >= 11 is 8.08. The maximum atomic E-state index is 14.8. The van der Waals surface area contributed by atoms with Crippen molar-refractivity contribution in [3.05, 3.63) is 46.3 Å². The minimum absolute atomic E-state index is 0.0860. The van der Waals surface area contributed by atoms with E-state index in [2.05, 4.69) is 26.9 Å². The van der Waals surface area contributed by atoms with Crippen LogP contribution in [0.15, 0.2) is 40.7 Å². The lowest BCUT2D eigenvalue weighted by molar-refractivity contribution is -0.143. The standard InChI is InChI=1S/C43H53ClN6O11S2/c1-11-21-18-43(21,37(53)49-63(56,57)23-12-13-23)48-35(51)26-16-22(19-50(26)36(52)34(40(2,3)4)47-39(54)61-41(5,6)7)59-29-17-24(25-20-62-38(46-25)42(8,9)55)45-32-30-27(60-33(29)32)14-15-28(58-10)31(30)44/h11,14-15,17,20-23,26,34,55H,1,12-13,16,18-19H2,2-10H3,(H,47,54)(H,48,51)(H,49,53). The summed E-state index contributed by atoms with van der Waals surface area (Å²) in [5.41, 5.74) is -3.00. The van der Waals surface area contributed by atoms with Crippen molar-refractivity contribution in [2.24, 2.45) is 11.3 Å². The summed E-state index contributed by atoms with van der Waals surface area (Å²) in [7, 11) is -2.49. The minimum atomic E-state index is -3.97. The fourth-order valence-electron chi connectivity index (χ4n) is 7.60. The van der Waals surface area contributed by atoms with E-state index in [1.807, 2.05) is 0 Å². The van der Waals surface area contributed by atoms with Crippen LogP contribution in [0.25, 0.3) is 33.5 Å². The molecule has 2 saturated carbocycles. The van der Waals surface area contributed by atoms with Gasteiger partial charge in [0.2, 0.25) is 21.8 Å². The first-order chi connectivity index (χ1) is 29.3. The lowest BCUT2D eigenvalue weighted by atomic mass is 9.85. The van der Waals surface area contributed by atoms with Gasteiger partial charge in [-0.3, -0.25) is 19.1 Å². The quantitative estimate of drug-likeness (QED) is 0.114. The molecule has 2 aliphatic carbocycles. The van der Waals surface area contributed by atoms with Crippen molar-refractivity contribution in [2.75, 3.05) is 13.7 Å². The van der Waals surface area contributed by atoms with E-state index in [1.54, 1.807) is 79.0 Å². The first-order valence-corrected chi connectivity index (χ1v) is 23.3. The molecule has 340 valence electrons. The number of carbonyl (C=O) groups excluding carboxylic acids is 4. The number of nitrogens with one attached hydrogen (secondary N) is 3. The van der Waals surface area contributed by atoms with Gasteiger partial charge in [0.1, 0.15) is 62.5 Å². The fraction of sp³-hybridized carbons (Fsp3) is 0.535. The molecule has 0 spiro atoms. The largest absolute Gasteiger partial charge is 0.495 e. The average Bonchev–Trinajstić information content (AvgIpc) is 3.99. The van der Waals surface area contributed by atoms with Gasteiger partial charge in [-0.2, -0.15) is 0 Å². The number of thiazole rings is 1. The molecule has 1 aromatic carbocycles. The summed E-state index contributed by atoms with van der Waals surface area (Å²) in [6, 6.07) is 2.46. The number of halogens is 1. The van der Waals surface area contributed by atoms with Crippen molar-refractivity contribution in [1.29, 1.82) is 0 Å². The molecule has 3 aliphatic rings. The summed E-state index contributed by atoms with van der Waals surface area (Å²) in [4.78, 5) is 67.1. The Morgan fingerprint density at radius 3 is 2.35 bits per heavy atom. The Labute approximate surface area is 374 Å². The van der Waals surface area contributed by atoms with Gasteiger partial charge in [0.25, 0.3) is 5.91 Å². The Kier molecular flexibility index (Phi) is 11.9. The number of pyridine rings is 1. The van der Waals surface area contributed by atoms with Crippen LogP contribution in [0.2, 0.25) is 5.02 Å². The Balaban J connectivity index is 1.28. The Hall–Kier alpha value is -4.98. The van der Waals surface area contributed by atoms with E-state index in [0.717, 1.165) is 0 Å². The molecular formula is C43H53ClN6O11S2. The van der Waals surface area contributed by atoms with Crippen LogP contribution in [0.1, 0.15) is 86.1 Å². The number of carbonyl (C=O) groups is 4. The van der Waals surface area contributed by atoms with E-state index in [0.29, 0.717) is 51.5 Å². The number of hydrogen-bond donors (Lipinski definition) is 4. The summed E-state index contributed by atoms with van der Waals surface area (Å²) in [6.07, 6.45) is 0.554. The van der Waals surface area contributed by atoms with Gasteiger partial charge >= 0.3 is 6.09 Å². The number of benzene rings is 1. The minimum Gasteiger partial charge on any atom is -0.495 e. The monoisotopic (exact) mass is 928 g/mol. The number of hydrogen-bond acceptors (Lipinski definition) is 14. The van der Waals surface area contributed by atoms with E-state index < -0.39 is 85.3 Å². The highest BCUT2D eigenvalue weighted by molar-refractivity contribution is 7.91. The summed E-state index contributed by atoms with van der Waals surface area (Å²) in [6.45, 7) is 17.2. The molecule has 63 heavy (non-hydrogen) atoms. The zero-order valence-corrected chi connectivity index (χ0v) is 39.0. The number of amides is 4. The summed E-state index contributed by atoms with van der Waals surface area (Å²) in [5, 5.41) is 18.4. The lowest BCUT2D eigenvalue weighted by Gasteiger charge is -2.36. The van der Waals surface area contributed by atoms with Crippen LogP contribution in [0, 0.1) is 11.3 Å². The van der Waals surface area contributed by atoms with Crippen LogP contribution >= 0.6 is 22.9 Å². The summed E-state index contributed by atoms with van der Waals surface area (Å²) in [5.74, 6) is -2.31. The van der Waals surface area contributed by atoms with Crippen molar-refractivity contribution >= 4 is 78.8 Å². The molecule has 7 rings (SSSR count). The lowest BCUT2D eigenvalue weighted by Crippen LogP contribution is -2.60. The maximum Gasteiger partial charge on any atom is 0.408 e. The van der Waals surface area contributed by atoms with Crippen LogP contribution in [0.3, 0.4) is 0 Å². The Morgan fingerprint density at radius 2 is 1.78 bits per heavy atom. The first-order valence-electron chi connectivity index (χ1n) is 20.5. The number of furan rings is 1. The average molecular weight is 930 g/mol. The molecule has 4 amide bonds. The van der Waals surface area contributed by atoms with Gasteiger partial charge in [0, 0.05) is 23.8 Å². The molecule has 5 atom stereocenters. The van der Waals surface area contributed by atoms with Crippen molar-refractivity contribution < 1.29 is 51.3 Å². The predicted octanol–water partition coefficient (Wildman–Crippen LogP) is 5.95. The third kappa shape index (κ3) is 9.33. The van der Waals surface area contributed by atoms with Crippen LogP contribution < -0.4 is 24.8 Å². The van der Waals surface area contributed by atoms with E-state index in [4.69, 9.17) is 35.2 Å². The molecule has 17 nitrogen and oxygen atoms in total. The molecule has 0 bridgehead atoms. The van der Waals surface area contributed by atoms with Gasteiger partial charge < -0.3 is 39.3 Å². The SMILES string of the molecule is C=CC1CC1(NC(=O)C1CC(Oc2cc(-c3csc(C(C)(C)O)n3)nc3c2oc2ccc(OC)c(Cl)c23)CN1C(=O)C(NC(=O)OC(C)(C)C)C(C)(C)C)C(=O)NS(=O)(=O)C1CC1. The number of nitrogens with zero attached hydrogens (tertiary/aromatic N) is 3. The number of fused-ring (bicyclic) bond motifs is 3. The van der Waals surface area contributed by atoms with Crippen molar-refractivity contribution in [3.8, 4) is 22.9 Å². The Bertz CT molecular complexity index is 2620. The highest BCUT2D eigenvalue weighted by atomic mass is 35.5.